The van der Waals surface area contributed by atoms with Crippen LogP contribution in [0.4, 0.5) is 0 Å². The Bertz CT molecular complexity index is 181. The van der Waals surface area contributed by atoms with Crippen molar-refractivity contribution in [1.29, 1.82) is 0 Å². The predicted molar refractivity (Wildman–Crippen MR) is 44.4 cm³/mol. The van der Waals surface area contributed by atoms with Gasteiger partial charge in [-0.15, -0.1) is 12.4 Å². The Hall–Kier alpha value is -0.770. The molecule has 1 atom stereocenters. The van der Waals surface area contributed by atoms with Crippen molar-refractivity contribution in [2.45, 2.75) is 6.92 Å². The number of halogens is 1. The molecule has 0 radical (unpaired) electrons. The topological polar surface area (TPSA) is 61.7 Å². The average molecular weight is 179 g/mol. The summed E-state index contributed by atoms with van der Waals surface area (Å²) in [4.78, 5) is 14.3. The Morgan fingerprint density at radius 2 is 2.45 bits per heavy atom. The Labute approximate surface area is 71.1 Å². The van der Waals surface area contributed by atoms with Crippen LogP contribution in [-0.4, -0.2) is 30.0 Å². The fourth-order valence-corrected chi connectivity index (χ4v) is 0.804. The second kappa shape index (κ2) is 4.18. The van der Waals surface area contributed by atoms with E-state index in [0.717, 1.165) is 5.84 Å². The number of carboxylic acids is 1. The van der Waals surface area contributed by atoms with Crippen LogP contribution in [0.1, 0.15) is 6.92 Å². The van der Waals surface area contributed by atoms with E-state index in [1.807, 2.05) is 6.92 Å². The maximum absolute atomic E-state index is 10.4. The molecule has 64 valence electrons. The molecule has 1 rings (SSSR count). The largest absolute Gasteiger partial charge is 0.481 e. The van der Waals surface area contributed by atoms with Crippen molar-refractivity contribution < 1.29 is 9.90 Å². The normalized spacial score (nSPS) is 22.6. The molecule has 1 heterocycles. The summed E-state index contributed by atoms with van der Waals surface area (Å²) in [5, 5.41) is 11.4. The van der Waals surface area contributed by atoms with Crippen molar-refractivity contribution in [3.63, 3.8) is 0 Å². The number of amidine groups is 1. The number of hydrogen-bond acceptors (Lipinski definition) is 3. The van der Waals surface area contributed by atoms with Gasteiger partial charge in [-0.1, -0.05) is 0 Å². The summed E-state index contributed by atoms with van der Waals surface area (Å²) in [5.41, 5.74) is 0. The minimum Gasteiger partial charge on any atom is -0.481 e. The van der Waals surface area contributed by atoms with Gasteiger partial charge in [0.25, 0.3) is 0 Å². The molecule has 0 aromatic rings. The van der Waals surface area contributed by atoms with Gasteiger partial charge in [0, 0.05) is 6.54 Å². The minimum absolute atomic E-state index is 0. The molecule has 4 nitrogen and oxygen atoms in total. The molecule has 0 spiro atoms. The van der Waals surface area contributed by atoms with E-state index >= 15 is 0 Å². The molecule has 0 saturated heterocycles. The standard InChI is InChI=1S/C6H10N2O2.ClH/c1-4-7-2-5(3-8-4)6(9)10;/h5H,2-3H2,1H3,(H,7,8)(H,9,10);1H. The number of carboxylic acid groups (broad SMARTS) is 1. The molecule has 1 aliphatic heterocycles. The van der Waals surface area contributed by atoms with Crippen molar-refractivity contribution in [3.8, 4) is 0 Å². The summed E-state index contributed by atoms with van der Waals surface area (Å²) in [6.07, 6.45) is 0. The molecule has 0 bridgehead atoms. The third-order valence-electron chi connectivity index (χ3n) is 1.50. The van der Waals surface area contributed by atoms with E-state index < -0.39 is 5.97 Å². The Morgan fingerprint density at radius 3 is 2.82 bits per heavy atom. The maximum Gasteiger partial charge on any atom is 0.310 e. The number of nitrogens with zero attached hydrogens (tertiary/aromatic N) is 1. The summed E-state index contributed by atoms with van der Waals surface area (Å²) < 4.78 is 0. The molecule has 11 heavy (non-hydrogen) atoms. The maximum atomic E-state index is 10.4. The van der Waals surface area contributed by atoms with E-state index in [1.54, 1.807) is 0 Å². The third kappa shape index (κ3) is 2.76. The van der Waals surface area contributed by atoms with Crippen molar-refractivity contribution in [1.82, 2.24) is 5.32 Å². The highest BCUT2D eigenvalue weighted by atomic mass is 35.5. The zero-order valence-corrected chi connectivity index (χ0v) is 7.02. The van der Waals surface area contributed by atoms with Crippen LogP contribution in [0.2, 0.25) is 0 Å². The highest BCUT2D eigenvalue weighted by Gasteiger charge is 2.19. The molecule has 2 N–H and O–H groups in total. The summed E-state index contributed by atoms with van der Waals surface area (Å²) >= 11 is 0. The molecular formula is C6H11ClN2O2. The van der Waals surface area contributed by atoms with Gasteiger partial charge in [0.15, 0.2) is 0 Å². The lowest BCUT2D eigenvalue weighted by molar-refractivity contribution is -0.141. The van der Waals surface area contributed by atoms with Gasteiger partial charge in [-0.3, -0.25) is 9.79 Å². The first kappa shape index (κ1) is 10.2. The number of aliphatic carboxylic acids is 1. The lowest BCUT2D eigenvalue weighted by Gasteiger charge is -2.17. The van der Waals surface area contributed by atoms with Gasteiger partial charge in [0.1, 0.15) is 0 Å². The predicted octanol–water partition coefficient (Wildman–Crippen LogP) is 0.131. The molecule has 0 amide bonds. The molecule has 0 aromatic carbocycles. The van der Waals surface area contributed by atoms with E-state index in [-0.39, 0.29) is 18.3 Å². The average Bonchev–Trinajstić information content (AvgIpc) is 1.88. The Balaban J connectivity index is 0.000001000. The molecule has 0 aliphatic carbocycles. The number of nitrogens with one attached hydrogen (secondary N) is 1. The van der Waals surface area contributed by atoms with E-state index in [0.29, 0.717) is 13.1 Å². The third-order valence-corrected chi connectivity index (χ3v) is 1.50. The number of hydrogen-bond donors (Lipinski definition) is 2. The summed E-state index contributed by atoms with van der Waals surface area (Å²) in [7, 11) is 0. The minimum atomic E-state index is -0.774. The van der Waals surface area contributed by atoms with Crippen LogP contribution in [0, 0.1) is 5.92 Å². The van der Waals surface area contributed by atoms with Crippen LogP contribution >= 0.6 is 12.4 Å². The van der Waals surface area contributed by atoms with E-state index in [1.165, 1.54) is 0 Å². The smallest absolute Gasteiger partial charge is 0.310 e. The first-order valence-corrected chi connectivity index (χ1v) is 3.18. The Kier molecular flexibility index (Phi) is 3.89. The van der Waals surface area contributed by atoms with Crippen LogP contribution in [0.3, 0.4) is 0 Å². The Morgan fingerprint density at radius 1 is 1.82 bits per heavy atom. The van der Waals surface area contributed by atoms with E-state index in [9.17, 15) is 4.79 Å². The summed E-state index contributed by atoms with van der Waals surface area (Å²) in [6.45, 7) is 2.75. The van der Waals surface area contributed by atoms with Gasteiger partial charge in [0.2, 0.25) is 0 Å². The van der Waals surface area contributed by atoms with Gasteiger partial charge in [-0.2, -0.15) is 0 Å². The van der Waals surface area contributed by atoms with Gasteiger partial charge in [-0.05, 0) is 6.92 Å². The molecular weight excluding hydrogens is 168 g/mol. The van der Waals surface area contributed by atoms with Crippen LogP contribution in [0.5, 0.6) is 0 Å². The lowest BCUT2D eigenvalue weighted by atomic mass is 10.1. The highest BCUT2D eigenvalue weighted by Crippen LogP contribution is 2.00. The van der Waals surface area contributed by atoms with Gasteiger partial charge < -0.3 is 10.4 Å². The molecule has 5 heteroatoms. The summed E-state index contributed by atoms with van der Waals surface area (Å²) in [5.74, 6) is -0.287. The number of rotatable bonds is 1. The van der Waals surface area contributed by atoms with Crippen molar-refractivity contribution >= 4 is 24.2 Å². The van der Waals surface area contributed by atoms with Gasteiger partial charge >= 0.3 is 5.97 Å². The highest BCUT2D eigenvalue weighted by molar-refractivity contribution is 5.85. The van der Waals surface area contributed by atoms with Gasteiger partial charge in [-0.25, -0.2) is 0 Å². The van der Waals surface area contributed by atoms with Crippen LogP contribution in [-0.2, 0) is 4.79 Å². The molecule has 1 unspecified atom stereocenters. The SMILES string of the molecule is CC1=NCC(C(=O)O)CN1.Cl. The molecule has 1 aliphatic rings. The number of carbonyl (C=O) groups is 1. The van der Waals surface area contributed by atoms with Crippen molar-refractivity contribution in [2.75, 3.05) is 13.1 Å². The molecule has 0 aromatic heterocycles. The quantitative estimate of drug-likeness (QED) is 0.600. The lowest BCUT2D eigenvalue weighted by Crippen LogP contribution is -2.37. The molecule has 0 saturated carbocycles. The zero-order valence-electron chi connectivity index (χ0n) is 6.20. The second-order valence-corrected chi connectivity index (χ2v) is 2.34. The first-order chi connectivity index (χ1) is 4.70. The summed E-state index contributed by atoms with van der Waals surface area (Å²) in [6, 6.07) is 0. The number of aliphatic imine (C=N–C) groups is 1. The fraction of sp³-hybridized carbons (Fsp3) is 0.667. The van der Waals surface area contributed by atoms with Crippen LogP contribution in [0.25, 0.3) is 0 Å². The zero-order chi connectivity index (χ0) is 7.56. The van der Waals surface area contributed by atoms with Gasteiger partial charge in [0.05, 0.1) is 18.3 Å². The van der Waals surface area contributed by atoms with E-state index in [2.05, 4.69) is 10.3 Å². The first-order valence-electron chi connectivity index (χ1n) is 3.18. The van der Waals surface area contributed by atoms with Crippen molar-refractivity contribution in [3.05, 3.63) is 0 Å². The second-order valence-electron chi connectivity index (χ2n) is 2.34. The van der Waals surface area contributed by atoms with Crippen LogP contribution < -0.4 is 5.32 Å². The van der Waals surface area contributed by atoms with E-state index in [4.69, 9.17) is 5.11 Å². The fourth-order valence-electron chi connectivity index (χ4n) is 0.804. The van der Waals surface area contributed by atoms with Crippen molar-refractivity contribution in [2.24, 2.45) is 10.9 Å². The monoisotopic (exact) mass is 178 g/mol. The van der Waals surface area contributed by atoms with Crippen LogP contribution in [0.15, 0.2) is 4.99 Å². The molecule has 0 fully saturated rings.